The SMILES string of the molecule is CN1CC[C@@H]2CCN(c3nc4ccccc4o3)[C@@H]2C1. The first-order chi connectivity index (χ1) is 9.31. The molecule has 2 aliphatic heterocycles. The fourth-order valence-corrected chi connectivity index (χ4v) is 3.52. The van der Waals surface area contributed by atoms with Gasteiger partial charge in [-0.1, -0.05) is 12.1 Å². The van der Waals surface area contributed by atoms with Crippen LogP contribution in [0.15, 0.2) is 28.7 Å². The molecular formula is C15H19N3O. The molecule has 4 heteroatoms. The van der Waals surface area contributed by atoms with Crippen LogP contribution in [-0.2, 0) is 0 Å². The van der Waals surface area contributed by atoms with Gasteiger partial charge in [0.05, 0.1) is 0 Å². The van der Waals surface area contributed by atoms with Crippen molar-refractivity contribution in [3.05, 3.63) is 24.3 Å². The van der Waals surface area contributed by atoms with E-state index in [9.17, 15) is 0 Å². The molecule has 2 fully saturated rings. The van der Waals surface area contributed by atoms with Crippen LogP contribution < -0.4 is 4.90 Å². The summed E-state index contributed by atoms with van der Waals surface area (Å²) in [6.07, 6.45) is 2.58. The molecule has 0 unspecified atom stereocenters. The van der Waals surface area contributed by atoms with Crippen LogP contribution in [0.2, 0.25) is 0 Å². The number of likely N-dealkylation sites (N-methyl/N-ethyl adjacent to an activating group) is 1. The highest BCUT2D eigenvalue weighted by Gasteiger charge is 2.39. The van der Waals surface area contributed by atoms with E-state index in [1.54, 1.807) is 0 Å². The Labute approximate surface area is 113 Å². The number of aromatic nitrogens is 1. The number of fused-ring (bicyclic) bond motifs is 2. The van der Waals surface area contributed by atoms with Gasteiger partial charge >= 0.3 is 0 Å². The predicted octanol–water partition coefficient (Wildman–Crippen LogP) is 2.36. The molecule has 1 aromatic heterocycles. The molecule has 1 aromatic carbocycles. The molecule has 2 atom stereocenters. The van der Waals surface area contributed by atoms with Gasteiger partial charge in [0.2, 0.25) is 0 Å². The lowest BCUT2D eigenvalue weighted by Gasteiger charge is -2.35. The molecule has 0 bridgehead atoms. The first-order valence-corrected chi connectivity index (χ1v) is 7.12. The van der Waals surface area contributed by atoms with E-state index in [0.29, 0.717) is 6.04 Å². The van der Waals surface area contributed by atoms with Crippen LogP contribution >= 0.6 is 0 Å². The minimum atomic E-state index is 0.576. The highest BCUT2D eigenvalue weighted by Crippen LogP contribution is 2.35. The molecule has 0 radical (unpaired) electrons. The summed E-state index contributed by atoms with van der Waals surface area (Å²) in [5, 5.41) is 0. The van der Waals surface area contributed by atoms with E-state index >= 15 is 0 Å². The summed E-state index contributed by atoms with van der Waals surface area (Å²) in [6.45, 7) is 3.43. The van der Waals surface area contributed by atoms with Gasteiger partial charge in [-0.05, 0) is 44.5 Å². The lowest BCUT2D eigenvalue weighted by molar-refractivity contribution is 0.206. The van der Waals surface area contributed by atoms with Crippen LogP contribution in [-0.4, -0.2) is 42.6 Å². The molecule has 0 N–H and O–H groups in total. The van der Waals surface area contributed by atoms with Crippen LogP contribution in [0.1, 0.15) is 12.8 Å². The molecular weight excluding hydrogens is 238 g/mol. The first-order valence-electron chi connectivity index (χ1n) is 7.12. The van der Waals surface area contributed by atoms with E-state index in [2.05, 4.69) is 21.8 Å². The Kier molecular flexibility index (Phi) is 2.52. The van der Waals surface area contributed by atoms with Crippen molar-refractivity contribution in [1.29, 1.82) is 0 Å². The highest BCUT2D eigenvalue weighted by atomic mass is 16.4. The van der Waals surface area contributed by atoms with Crippen molar-refractivity contribution in [3.63, 3.8) is 0 Å². The molecule has 2 saturated heterocycles. The summed E-state index contributed by atoms with van der Waals surface area (Å²) in [4.78, 5) is 9.45. The summed E-state index contributed by atoms with van der Waals surface area (Å²) in [5.41, 5.74) is 1.86. The Balaban J connectivity index is 1.68. The molecule has 4 nitrogen and oxygen atoms in total. The smallest absolute Gasteiger partial charge is 0.298 e. The maximum absolute atomic E-state index is 5.93. The minimum Gasteiger partial charge on any atom is -0.423 e. The molecule has 100 valence electrons. The zero-order valence-corrected chi connectivity index (χ0v) is 11.2. The Morgan fingerprint density at radius 3 is 2.95 bits per heavy atom. The number of piperidine rings is 1. The van der Waals surface area contributed by atoms with Crippen molar-refractivity contribution in [3.8, 4) is 0 Å². The molecule has 0 spiro atoms. The van der Waals surface area contributed by atoms with Crippen LogP contribution in [0.4, 0.5) is 6.01 Å². The second kappa shape index (κ2) is 4.23. The second-order valence-corrected chi connectivity index (χ2v) is 5.82. The number of hydrogen-bond donors (Lipinski definition) is 0. The van der Waals surface area contributed by atoms with E-state index in [0.717, 1.165) is 36.1 Å². The topological polar surface area (TPSA) is 32.5 Å². The van der Waals surface area contributed by atoms with Gasteiger partial charge in [0.25, 0.3) is 6.01 Å². The number of likely N-dealkylation sites (tertiary alicyclic amines) is 1. The highest BCUT2D eigenvalue weighted by molar-refractivity contribution is 5.74. The van der Waals surface area contributed by atoms with Crippen molar-refractivity contribution in [1.82, 2.24) is 9.88 Å². The van der Waals surface area contributed by atoms with Crippen LogP contribution in [0, 0.1) is 5.92 Å². The summed E-state index contributed by atoms with van der Waals surface area (Å²) < 4.78 is 5.93. The third-order valence-electron chi connectivity index (χ3n) is 4.59. The number of rotatable bonds is 1. The van der Waals surface area contributed by atoms with E-state index in [1.807, 2.05) is 24.3 Å². The van der Waals surface area contributed by atoms with Crippen LogP contribution in [0.3, 0.4) is 0 Å². The van der Waals surface area contributed by atoms with E-state index in [1.165, 1.54) is 19.4 Å². The Morgan fingerprint density at radius 1 is 1.21 bits per heavy atom. The average Bonchev–Trinajstić information content (AvgIpc) is 3.00. The maximum atomic E-state index is 5.93. The molecule has 2 aliphatic rings. The number of benzene rings is 1. The third-order valence-corrected chi connectivity index (χ3v) is 4.59. The number of hydrogen-bond acceptors (Lipinski definition) is 4. The van der Waals surface area contributed by atoms with Gasteiger partial charge in [-0.2, -0.15) is 4.98 Å². The maximum Gasteiger partial charge on any atom is 0.298 e. The summed E-state index contributed by atoms with van der Waals surface area (Å²) in [7, 11) is 2.21. The van der Waals surface area contributed by atoms with Crippen molar-refractivity contribution in [2.24, 2.45) is 5.92 Å². The van der Waals surface area contributed by atoms with E-state index in [4.69, 9.17) is 4.42 Å². The van der Waals surface area contributed by atoms with Crippen LogP contribution in [0.25, 0.3) is 11.1 Å². The summed E-state index contributed by atoms with van der Waals surface area (Å²) in [5.74, 6) is 0.811. The lowest BCUT2D eigenvalue weighted by atomic mass is 9.93. The van der Waals surface area contributed by atoms with Crippen molar-refractivity contribution < 1.29 is 4.42 Å². The van der Waals surface area contributed by atoms with Gasteiger partial charge in [-0.15, -0.1) is 0 Å². The predicted molar refractivity (Wildman–Crippen MR) is 75.4 cm³/mol. The monoisotopic (exact) mass is 257 g/mol. The Morgan fingerprint density at radius 2 is 2.05 bits per heavy atom. The van der Waals surface area contributed by atoms with E-state index < -0.39 is 0 Å². The van der Waals surface area contributed by atoms with Gasteiger partial charge < -0.3 is 14.2 Å². The normalized spacial score (nSPS) is 27.9. The molecule has 19 heavy (non-hydrogen) atoms. The van der Waals surface area contributed by atoms with Crippen molar-refractivity contribution in [2.75, 3.05) is 31.6 Å². The second-order valence-electron chi connectivity index (χ2n) is 5.82. The molecule has 4 rings (SSSR count). The number of para-hydroxylation sites is 2. The molecule has 2 aromatic rings. The number of anilines is 1. The third kappa shape index (κ3) is 1.82. The molecule has 0 saturated carbocycles. The quantitative estimate of drug-likeness (QED) is 0.785. The molecule has 3 heterocycles. The van der Waals surface area contributed by atoms with E-state index in [-0.39, 0.29) is 0 Å². The fourth-order valence-electron chi connectivity index (χ4n) is 3.52. The standard InChI is InChI=1S/C15H19N3O/c1-17-8-6-11-7-9-18(13(11)10-17)15-16-12-4-2-3-5-14(12)19-15/h2-5,11,13H,6-10H2,1H3/t11-,13-/m1/s1. The number of nitrogens with zero attached hydrogens (tertiary/aromatic N) is 3. The first kappa shape index (κ1) is 11.3. The van der Waals surface area contributed by atoms with Gasteiger partial charge in [0, 0.05) is 19.1 Å². The minimum absolute atomic E-state index is 0.576. The van der Waals surface area contributed by atoms with Gasteiger partial charge in [-0.3, -0.25) is 0 Å². The zero-order chi connectivity index (χ0) is 12.8. The van der Waals surface area contributed by atoms with Gasteiger partial charge in [0.1, 0.15) is 5.52 Å². The van der Waals surface area contributed by atoms with Gasteiger partial charge in [0.15, 0.2) is 5.58 Å². The fraction of sp³-hybridized carbons (Fsp3) is 0.533. The molecule has 0 aliphatic carbocycles. The van der Waals surface area contributed by atoms with Crippen molar-refractivity contribution in [2.45, 2.75) is 18.9 Å². The Hall–Kier alpha value is -1.55. The lowest BCUT2D eigenvalue weighted by Crippen LogP contribution is -2.46. The Bertz CT molecular complexity index is 561. The number of oxazole rings is 1. The average molecular weight is 257 g/mol. The van der Waals surface area contributed by atoms with Gasteiger partial charge in [-0.25, -0.2) is 0 Å². The van der Waals surface area contributed by atoms with Crippen LogP contribution in [0.5, 0.6) is 0 Å². The zero-order valence-electron chi connectivity index (χ0n) is 11.2. The largest absolute Gasteiger partial charge is 0.423 e. The summed E-state index contributed by atoms with van der Waals surface area (Å²) in [6, 6.07) is 9.40. The summed E-state index contributed by atoms with van der Waals surface area (Å²) >= 11 is 0. The molecule has 0 amide bonds. The van der Waals surface area contributed by atoms with Crippen molar-refractivity contribution >= 4 is 17.1 Å².